The summed E-state index contributed by atoms with van der Waals surface area (Å²) >= 11 is 3.40. The molecule has 84 valence electrons. The predicted molar refractivity (Wildman–Crippen MR) is 60.5 cm³/mol. The average molecular weight is 274 g/mol. The highest BCUT2D eigenvalue weighted by Gasteiger charge is 2.28. The molecule has 0 bridgehead atoms. The minimum absolute atomic E-state index is 0.182. The van der Waals surface area contributed by atoms with Gasteiger partial charge in [0.1, 0.15) is 0 Å². The SMILES string of the molecule is Cn1nnc(Br)c1C1CCCCCC1O. The van der Waals surface area contributed by atoms with Crippen molar-refractivity contribution >= 4 is 15.9 Å². The Balaban J connectivity index is 2.27. The first-order valence-corrected chi connectivity index (χ1v) is 6.22. The van der Waals surface area contributed by atoms with Crippen molar-refractivity contribution in [3.8, 4) is 0 Å². The summed E-state index contributed by atoms with van der Waals surface area (Å²) in [5.41, 5.74) is 1.03. The van der Waals surface area contributed by atoms with Crippen LogP contribution in [0.15, 0.2) is 4.60 Å². The highest BCUT2D eigenvalue weighted by atomic mass is 79.9. The summed E-state index contributed by atoms with van der Waals surface area (Å²) in [6.45, 7) is 0. The second kappa shape index (κ2) is 4.61. The van der Waals surface area contributed by atoms with E-state index in [9.17, 15) is 5.11 Å². The van der Waals surface area contributed by atoms with Crippen LogP contribution in [0.25, 0.3) is 0 Å². The molecule has 4 nitrogen and oxygen atoms in total. The number of aromatic nitrogens is 3. The quantitative estimate of drug-likeness (QED) is 0.797. The van der Waals surface area contributed by atoms with Gasteiger partial charge in [-0.3, -0.25) is 4.68 Å². The standard InChI is InChI=1S/C10H16BrN3O/c1-14-9(10(11)12-13-14)7-5-3-2-4-6-8(7)15/h7-8,15H,2-6H2,1H3. The van der Waals surface area contributed by atoms with E-state index in [1.54, 1.807) is 4.68 Å². The zero-order chi connectivity index (χ0) is 10.8. The molecule has 2 rings (SSSR count). The Bertz CT molecular complexity index is 320. The van der Waals surface area contributed by atoms with Crippen molar-refractivity contribution in [1.29, 1.82) is 0 Å². The lowest BCUT2D eigenvalue weighted by atomic mass is 9.94. The Morgan fingerprint density at radius 1 is 1.33 bits per heavy atom. The molecule has 0 spiro atoms. The van der Waals surface area contributed by atoms with Crippen LogP contribution in [0.4, 0.5) is 0 Å². The van der Waals surface area contributed by atoms with E-state index in [1.807, 2.05) is 7.05 Å². The van der Waals surface area contributed by atoms with Gasteiger partial charge in [-0.2, -0.15) is 0 Å². The zero-order valence-corrected chi connectivity index (χ0v) is 10.4. The monoisotopic (exact) mass is 273 g/mol. The lowest BCUT2D eigenvalue weighted by Crippen LogP contribution is -2.20. The van der Waals surface area contributed by atoms with E-state index in [2.05, 4.69) is 26.2 Å². The van der Waals surface area contributed by atoms with Gasteiger partial charge in [0, 0.05) is 13.0 Å². The van der Waals surface area contributed by atoms with Crippen LogP contribution in [0, 0.1) is 0 Å². The van der Waals surface area contributed by atoms with Crippen molar-refractivity contribution < 1.29 is 5.11 Å². The fourth-order valence-corrected chi connectivity index (χ4v) is 2.96. The molecular weight excluding hydrogens is 258 g/mol. The van der Waals surface area contributed by atoms with Gasteiger partial charge < -0.3 is 5.11 Å². The minimum Gasteiger partial charge on any atom is -0.392 e. The molecule has 1 saturated carbocycles. The highest BCUT2D eigenvalue weighted by Crippen LogP contribution is 2.34. The lowest BCUT2D eigenvalue weighted by molar-refractivity contribution is 0.131. The van der Waals surface area contributed by atoms with E-state index in [-0.39, 0.29) is 12.0 Å². The van der Waals surface area contributed by atoms with Gasteiger partial charge in [0.2, 0.25) is 0 Å². The van der Waals surface area contributed by atoms with Crippen LogP contribution in [-0.4, -0.2) is 26.2 Å². The van der Waals surface area contributed by atoms with Crippen molar-refractivity contribution in [3.05, 3.63) is 10.3 Å². The number of hydrogen-bond acceptors (Lipinski definition) is 3. The molecule has 15 heavy (non-hydrogen) atoms. The van der Waals surface area contributed by atoms with Crippen LogP contribution < -0.4 is 0 Å². The maximum Gasteiger partial charge on any atom is 0.151 e. The molecule has 1 aliphatic carbocycles. The highest BCUT2D eigenvalue weighted by molar-refractivity contribution is 9.10. The Hall–Kier alpha value is -0.420. The maximum absolute atomic E-state index is 10.1. The largest absolute Gasteiger partial charge is 0.392 e. The molecule has 5 heteroatoms. The summed E-state index contributed by atoms with van der Waals surface area (Å²) < 4.78 is 2.54. The minimum atomic E-state index is -0.249. The van der Waals surface area contributed by atoms with Gasteiger partial charge in [0.05, 0.1) is 11.8 Å². The molecule has 1 aromatic rings. The summed E-state index contributed by atoms with van der Waals surface area (Å²) in [7, 11) is 1.88. The number of aliphatic hydroxyl groups is 1. The second-order valence-corrected chi connectivity index (χ2v) is 4.95. The van der Waals surface area contributed by atoms with Crippen molar-refractivity contribution in [2.45, 2.75) is 44.1 Å². The second-order valence-electron chi connectivity index (χ2n) is 4.20. The van der Waals surface area contributed by atoms with Gasteiger partial charge in [-0.15, -0.1) is 5.10 Å². The fourth-order valence-electron chi connectivity index (χ4n) is 2.34. The van der Waals surface area contributed by atoms with Gasteiger partial charge in [-0.05, 0) is 28.8 Å². The molecule has 1 aliphatic rings. The third-order valence-electron chi connectivity index (χ3n) is 3.16. The first-order valence-electron chi connectivity index (χ1n) is 5.43. The summed E-state index contributed by atoms with van der Waals surface area (Å²) in [5.74, 6) is 0.182. The molecule has 0 saturated heterocycles. The molecule has 0 aliphatic heterocycles. The fraction of sp³-hybridized carbons (Fsp3) is 0.800. The molecule has 1 heterocycles. The van der Waals surface area contributed by atoms with E-state index in [0.29, 0.717) is 0 Å². The number of rotatable bonds is 1. The number of nitrogens with zero attached hydrogens (tertiary/aromatic N) is 3. The van der Waals surface area contributed by atoms with Crippen molar-refractivity contribution in [3.63, 3.8) is 0 Å². The zero-order valence-electron chi connectivity index (χ0n) is 8.86. The summed E-state index contributed by atoms with van der Waals surface area (Å²) in [6.07, 6.45) is 5.20. The third kappa shape index (κ3) is 2.23. The average Bonchev–Trinajstić information content (AvgIpc) is 2.42. The number of hydrogen-bond donors (Lipinski definition) is 1. The van der Waals surface area contributed by atoms with Crippen LogP contribution in [0.1, 0.15) is 43.7 Å². The van der Waals surface area contributed by atoms with Crippen molar-refractivity contribution in [2.24, 2.45) is 7.05 Å². The van der Waals surface area contributed by atoms with Crippen molar-refractivity contribution in [2.75, 3.05) is 0 Å². The first-order chi connectivity index (χ1) is 7.20. The van der Waals surface area contributed by atoms with E-state index in [4.69, 9.17) is 0 Å². The molecule has 0 radical (unpaired) electrons. The van der Waals surface area contributed by atoms with Crippen LogP contribution in [0.2, 0.25) is 0 Å². The number of aliphatic hydroxyl groups excluding tert-OH is 1. The molecule has 1 fully saturated rings. The normalized spacial score (nSPS) is 27.7. The van der Waals surface area contributed by atoms with E-state index < -0.39 is 0 Å². The molecule has 0 aromatic carbocycles. The van der Waals surface area contributed by atoms with Crippen molar-refractivity contribution in [1.82, 2.24) is 15.0 Å². The Morgan fingerprint density at radius 3 is 2.73 bits per heavy atom. The Kier molecular flexibility index (Phi) is 3.41. The molecule has 2 atom stereocenters. The van der Waals surface area contributed by atoms with Gasteiger partial charge in [-0.25, -0.2) is 0 Å². The van der Waals surface area contributed by atoms with Gasteiger partial charge in [0.15, 0.2) is 4.60 Å². The van der Waals surface area contributed by atoms with Gasteiger partial charge in [0.25, 0.3) is 0 Å². The molecule has 1 aromatic heterocycles. The Morgan fingerprint density at radius 2 is 2.07 bits per heavy atom. The van der Waals surface area contributed by atoms with Crippen LogP contribution in [-0.2, 0) is 7.05 Å². The van der Waals surface area contributed by atoms with Gasteiger partial charge >= 0.3 is 0 Å². The van der Waals surface area contributed by atoms with Crippen LogP contribution in [0.5, 0.6) is 0 Å². The van der Waals surface area contributed by atoms with Gasteiger partial charge in [-0.1, -0.05) is 24.5 Å². The molecular formula is C10H16BrN3O. The maximum atomic E-state index is 10.1. The third-order valence-corrected chi connectivity index (χ3v) is 3.72. The van der Waals surface area contributed by atoms with Crippen LogP contribution >= 0.6 is 15.9 Å². The lowest BCUT2D eigenvalue weighted by Gasteiger charge is -2.20. The van der Waals surface area contributed by atoms with Crippen LogP contribution in [0.3, 0.4) is 0 Å². The van der Waals surface area contributed by atoms with E-state index in [0.717, 1.165) is 29.6 Å². The number of aryl methyl sites for hydroxylation is 1. The van der Waals surface area contributed by atoms with E-state index >= 15 is 0 Å². The summed E-state index contributed by atoms with van der Waals surface area (Å²) in [4.78, 5) is 0. The first kappa shape index (κ1) is 11.1. The molecule has 0 amide bonds. The summed E-state index contributed by atoms with van der Waals surface area (Å²) in [5, 5.41) is 18.0. The predicted octanol–water partition coefficient (Wildman–Crippen LogP) is 1.99. The Labute approximate surface area is 97.8 Å². The topological polar surface area (TPSA) is 50.9 Å². The molecule has 2 unspecified atom stereocenters. The van der Waals surface area contributed by atoms with E-state index in [1.165, 1.54) is 12.8 Å². The molecule has 1 N–H and O–H groups in total. The smallest absolute Gasteiger partial charge is 0.151 e. The number of halogens is 1. The summed E-state index contributed by atoms with van der Waals surface area (Å²) in [6, 6.07) is 0.